The summed E-state index contributed by atoms with van der Waals surface area (Å²) in [6.07, 6.45) is 5.58. The summed E-state index contributed by atoms with van der Waals surface area (Å²) in [6.45, 7) is 3.73. The Morgan fingerprint density at radius 1 is 1.29 bits per heavy atom. The molecule has 0 aromatic rings. The van der Waals surface area contributed by atoms with E-state index in [4.69, 9.17) is 0 Å². The lowest BCUT2D eigenvalue weighted by Gasteiger charge is -2.32. The molecule has 2 saturated heterocycles. The quantitative estimate of drug-likeness (QED) is 0.774. The van der Waals surface area contributed by atoms with Crippen LogP contribution >= 0.6 is 23.5 Å². The van der Waals surface area contributed by atoms with Gasteiger partial charge in [-0.2, -0.15) is 23.5 Å². The normalized spacial score (nSPS) is 31.6. The second-order valence-corrected chi connectivity index (χ2v) is 7.75. The van der Waals surface area contributed by atoms with Gasteiger partial charge in [0.15, 0.2) is 0 Å². The number of nitrogens with zero attached hydrogens (tertiary/aromatic N) is 1. The van der Waals surface area contributed by atoms with Crippen LogP contribution < -0.4 is 5.32 Å². The summed E-state index contributed by atoms with van der Waals surface area (Å²) < 4.78 is 0. The molecule has 2 unspecified atom stereocenters. The highest BCUT2D eigenvalue weighted by Crippen LogP contribution is 2.23. The molecule has 2 fully saturated rings. The molecule has 4 heteroatoms. The molecule has 2 heterocycles. The van der Waals surface area contributed by atoms with Gasteiger partial charge >= 0.3 is 0 Å². The van der Waals surface area contributed by atoms with Crippen LogP contribution in [0.4, 0.5) is 0 Å². The summed E-state index contributed by atoms with van der Waals surface area (Å²) in [5.41, 5.74) is 0. The third kappa shape index (κ3) is 5.01. The van der Waals surface area contributed by atoms with Gasteiger partial charge in [-0.3, -0.25) is 0 Å². The maximum atomic E-state index is 3.66. The maximum Gasteiger partial charge on any atom is 0.0263 e. The van der Waals surface area contributed by atoms with E-state index >= 15 is 0 Å². The second kappa shape index (κ2) is 7.93. The van der Waals surface area contributed by atoms with Crippen molar-refractivity contribution in [3.05, 3.63) is 0 Å². The van der Waals surface area contributed by atoms with Crippen LogP contribution in [0.1, 0.15) is 25.7 Å². The first-order valence-corrected chi connectivity index (χ1v) is 9.17. The van der Waals surface area contributed by atoms with E-state index in [1.807, 2.05) is 0 Å². The third-order valence-corrected chi connectivity index (χ3v) is 6.68. The molecule has 0 amide bonds. The average molecular weight is 274 g/mol. The maximum absolute atomic E-state index is 3.66. The van der Waals surface area contributed by atoms with Gasteiger partial charge in [0, 0.05) is 35.1 Å². The van der Waals surface area contributed by atoms with Gasteiger partial charge in [-0.15, -0.1) is 0 Å². The van der Waals surface area contributed by atoms with Gasteiger partial charge < -0.3 is 10.2 Å². The molecule has 0 bridgehead atoms. The first-order valence-electron chi connectivity index (χ1n) is 6.96. The largest absolute Gasteiger partial charge is 0.316 e. The fourth-order valence-corrected chi connectivity index (χ4v) is 5.34. The number of rotatable bonds is 5. The monoisotopic (exact) mass is 274 g/mol. The molecule has 17 heavy (non-hydrogen) atoms. The Hall–Kier alpha value is 0.620. The minimum atomic E-state index is 0.838. The number of nitrogens with one attached hydrogen (secondary N) is 1. The van der Waals surface area contributed by atoms with Gasteiger partial charge in [0.2, 0.25) is 0 Å². The van der Waals surface area contributed by atoms with Crippen LogP contribution in [0.25, 0.3) is 0 Å². The van der Waals surface area contributed by atoms with Gasteiger partial charge in [0.05, 0.1) is 0 Å². The molecule has 2 atom stereocenters. The van der Waals surface area contributed by atoms with Crippen molar-refractivity contribution in [1.82, 2.24) is 10.2 Å². The van der Waals surface area contributed by atoms with Crippen molar-refractivity contribution in [2.24, 2.45) is 0 Å². The van der Waals surface area contributed by atoms with Gasteiger partial charge in [-0.1, -0.05) is 6.42 Å². The highest BCUT2D eigenvalue weighted by Gasteiger charge is 2.18. The van der Waals surface area contributed by atoms with Crippen molar-refractivity contribution in [3.8, 4) is 0 Å². The number of hydrogen-bond donors (Lipinski definition) is 1. The zero-order chi connectivity index (χ0) is 11.9. The number of hydrogen-bond acceptors (Lipinski definition) is 4. The SMILES string of the molecule is CN1CCCCC1CCNCC1CSCCS1. The molecule has 2 aliphatic heterocycles. The lowest BCUT2D eigenvalue weighted by molar-refractivity contribution is 0.176. The van der Waals surface area contributed by atoms with Gasteiger partial charge in [0.25, 0.3) is 0 Å². The van der Waals surface area contributed by atoms with E-state index in [2.05, 4.69) is 40.8 Å². The van der Waals surface area contributed by atoms with Crippen molar-refractivity contribution in [2.75, 3.05) is 43.9 Å². The fourth-order valence-electron chi connectivity index (χ4n) is 2.70. The Balaban J connectivity index is 1.53. The molecule has 0 radical (unpaired) electrons. The predicted molar refractivity (Wildman–Crippen MR) is 81.3 cm³/mol. The van der Waals surface area contributed by atoms with Crippen LogP contribution in [0.15, 0.2) is 0 Å². The van der Waals surface area contributed by atoms with E-state index in [9.17, 15) is 0 Å². The minimum Gasteiger partial charge on any atom is -0.316 e. The zero-order valence-corrected chi connectivity index (χ0v) is 12.6. The van der Waals surface area contributed by atoms with Crippen molar-refractivity contribution in [3.63, 3.8) is 0 Å². The van der Waals surface area contributed by atoms with Crippen LogP contribution in [0.5, 0.6) is 0 Å². The molecule has 0 spiro atoms. The zero-order valence-electron chi connectivity index (χ0n) is 11.0. The summed E-state index contributed by atoms with van der Waals surface area (Å²) in [7, 11) is 2.29. The van der Waals surface area contributed by atoms with Gasteiger partial charge in [-0.25, -0.2) is 0 Å². The van der Waals surface area contributed by atoms with Crippen molar-refractivity contribution < 1.29 is 0 Å². The van der Waals surface area contributed by atoms with Crippen LogP contribution in [-0.4, -0.2) is 60.1 Å². The van der Waals surface area contributed by atoms with Crippen molar-refractivity contribution in [1.29, 1.82) is 0 Å². The van der Waals surface area contributed by atoms with E-state index in [1.165, 1.54) is 62.6 Å². The lowest BCUT2D eigenvalue weighted by atomic mass is 10.0. The number of likely N-dealkylation sites (tertiary alicyclic amines) is 1. The Morgan fingerprint density at radius 3 is 3.00 bits per heavy atom. The summed E-state index contributed by atoms with van der Waals surface area (Å²) in [5, 5.41) is 4.52. The number of thioether (sulfide) groups is 2. The molecule has 0 aromatic carbocycles. The van der Waals surface area contributed by atoms with Crippen LogP contribution in [0, 0.1) is 0 Å². The average Bonchev–Trinajstić information content (AvgIpc) is 2.38. The third-order valence-electron chi connectivity index (χ3n) is 3.83. The van der Waals surface area contributed by atoms with Crippen molar-refractivity contribution >= 4 is 23.5 Å². The molecular weight excluding hydrogens is 248 g/mol. The van der Waals surface area contributed by atoms with E-state index in [0.717, 1.165) is 11.3 Å². The predicted octanol–water partition coefficient (Wildman–Crippen LogP) is 2.30. The summed E-state index contributed by atoms with van der Waals surface area (Å²) >= 11 is 4.28. The van der Waals surface area contributed by atoms with Crippen LogP contribution in [0.3, 0.4) is 0 Å². The lowest BCUT2D eigenvalue weighted by Crippen LogP contribution is -2.39. The summed E-state index contributed by atoms with van der Waals surface area (Å²) in [5.74, 6) is 4.05. The first kappa shape index (κ1) is 14.0. The molecule has 2 rings (SSSR count). The van der Waals surface area contributed by atoms with Crippen LogP contribution in [-0.2, 0) is 0 Å². The molecule has 100 valence electrons. The van der Waals surface area contributed by atoms with E-state index in [1.54, 1.807) is 0 Å². The fraction of sp³-hybridized carbons (Fsp3) is 1.00. The molecule has 0 aromatic heterocycles. The minimum absolute atomic E-state index is 0.838. The molecule has 0 aliphatic carbocycles. The smallest absolute Gasteiger partial charge is 0.0263 e. The Kier molecular flexibility index (Phi) is 6.54. The molecule has 0 saturated carbocycles. The topological polar surface area (TPSA) is 15.3 Å². The van der Waals surface area contributed by atoms with Gasteiger partial charge in [-0.05, 0) is 39.4 Å². The second-order valence-electron chi connectivity index (χ2n) is 5.19. The highest BCUT2D eigenvalue weighted by molar-refractivity contribution is 8.06. The van der Waals surface area contributed by atoms with E-state index in [0.29, 0.717) is 0 Å². The number of piperidine rings is 1. The molecule has 1 N–H and O–H groups in total. The summed E-state index contributed by atoms with van der Waals surface area (Å²) in [4.78, 5) is 2.55. The first-order chi connectivity index (χ1) is 8.36. The molecular formula is C13H26N2S2. The molecule has 2 aliphatic rings. The summed E-state index contributed by atoms with van der Waals surface area (Å²) in [6, 6.07) is 0.838. The van der Waals surface area contributed by atoms with Crippen LogP contribution in [0.2, 0.25) is 0 Å². The van der Waals surface area contributed by atoms with E-state index < -0.39 is 0 Å². The Bertz CT molecular complexity index is 208. The standard InChI is InChI=1S/C13H26N2S2/c1-15-7-3-2-4-12(15)5-6-14-10-13-11-16-8-9-17-13/h12-14H,2-11H2,1H3. The van der Waals surface area contributed by atoms with Gasteiger partial charge in [0.1, 0.15) is 0 Å². The van der Waals surface area contributed by atoms with Crippen molar-refractivity contribution in [2.45, 2.75) is 37.0 Å². The van der Waals surface area contributed by atoms with E-state index in [-0.39, 0.29) is 0 Å². The molecule has 2 nitrogen and oxygen atoms in total. The Labute approximate surface area is 115 Å². The Morgan fingerprint density at radius 2 is 2.24 bits per heavy atom. The highest BCUT2D eigenvalue weighted by atomic mass is 32.2.